The van der Waals surface area contributed by atoms with Gasteiger partial charge in [0.2, 0.25) is 5.91 Å². The molecule has 0 spiro atoms. The molecule has 1 heterocycles. The molecule has 1 rings (SSSR count). The van der Waals surface area contributed by atoms with E-state index in [0.717, 1.165) is 9.35 Å². The summed E-state index contributed by atoms with van der Waals surface area (Å²) < 4.78 is 1.04. The lowest BCUT2D eigenvalue weighted by Crippen LogP contribution is -2.38. The highest BCUT2D eigenvalue weighted by atomic mass is 79.9. The Bertz CT molecular complexity index is 419. The minimum Gasteiger partial charge on any atom is -0.393 e. The SMILES string of the molecule is CCC(C(=O)N(C)Cc1cc(Br)cs1)C(N)=S. The molecule has 1 aromatic heterocycles. The van der Waals surface area contributed by atoms with Crippen molar-refractivity contribution >= 4 is 50.4 Å². The quantitative estimate of drug-likeness (QED) is 0.842. The topological polar surface area (TPSA) is 46.3 Å². The van der Waals surface area contributed by atoms with Gasteiger partial charge in [0.25, 0.3) is 0 Å². The minimum atomic E-state index is -0.349. The maximum absolute atomic E-state index is 12.1. The maximum Gasteiger partial charge on any atom is 0.232 e. The molecule has 0 fully saturated rings. The number of hydrogen-bond acceptors (Lipinski definition) is 3. The zero-order valence-electron chi connectivity index (χ0n) is 9.77. The minimum absolute atomic E-state index is 0.00970. The van der Waals surface area contributed by atoms with E-state index in [4.69, 9.17) is 18.0 Å². The van der Waals surface area contributed by atoms with E-state index in [1.807, 2.05) is 18.4 Å². The fourth-order valence-electron chi connectivity index (χ4n) is 1.51. The van der Waals surface area contributed by atoms with E-state index in [-0.39, 0.29) is 16.8 Å². The number of hydrogen-bond donors (Lipinski definition) is 1. The Balaban J connectivity index is 2.66. The lowest BCUT2D eigenvalue weighted by Gasteiger charge is -2.21. The van der Waals surface area contributed by atoms with Crippen molar-refractivity contribution in [3.8, 4) is 0 Å². The predicted molar refractivity (Wildman–Crippen MR) is 79.1 cm³/mol. The third-order valence-electron chi connectivity index (χ3n) is 2.44. The third-order valence-corrected chi connectivity index (χ3v) is 4.41. The number of amides is 1. The molecule has 0 bridgehead atoms. The molecule has 1 amide bonds. The Morgan fingerprint density at radius 3 is 2.76 bits per heavy atom. The Morgan fingerprint density at radius 2 is 2.35 bits per heavy atom. The average Bonchev–Trinajstić information content (AvgIpc) is 2.64. The second kappa shape index (κ2) is 6.47. The van der Waals surface area contributed by atoms with E-state index in [2.05, 4.69) is 15.9 Å². The normalized spacial score (nSPS) is 12.2. The van der Waals surface area contributed by atoms with Crippen LogP contribution in [-0.2, 0) is 11.3 Å². The van der Waals surface area contributed by atoms with Crippen LogP contribution in [0.1, 0.15) is 18.2 Å². The highest BCUT2D eigenvalue weighted by Crippen LogP contribution is 2.21. The number of rotatable bonds is 5. The molecule has 0 radical (unpaired) electrons. The van der Waals surface area contributed by atoms with E-state index >= 15 is 0 Å². The first-order chi connectivity index (χ1) is 7.95. The Morgan fingerprint density at radius 1 is 1.71 bits per heavy atom. The summed E-state index contributed by atoms with van der Waals surface area (Å²) in [4.78, 5) is 15.2. The van der Waals surface area contributed by atoms with Gasteiger partial charge in [-0.15, -0.1) is 11.3 Å². The molecule has 94 valence electrons. The molecule has 0 aliphatic carbocycles. The van der Waals surface area contributed by atoms with Crippen LogP contribution in [0.3, 0.4) is 0 Å². The van der Waals surface area contributed by atoms with Gasteiger partial charge in [0.05, 0.1) is 17.5 Å². The molecule has 6 heteroatoms. The number of nitrogens with two attached hydrogens (primary N) is 1. The van der Waals surface area contributed by atoms with Crippen molar-refractivity contribution in [3.05, 3.63) is 20.8 Å². The highest BCUT2D eigenvalue weighted by Gasteiger charge is 2.23. The highest BCUT2D eigenvalue weighted by molar-refractivity contribution is 9.10. The van der Waals surface area contributed by atoms with Crippen LogP contribution < -0.4 is 5.73 Å². The van der Waals surface area contributed by atoms with E-state index in [1.54, 1.807) is 23.3 Å². The fraction of sp³-hybridized carbons (Fsp3) is 0.455. The summed E-state index contributed by atoms with van der Waals surface area (Å²) >= 11 is 9.91. The second-order valence-electron chi connectivity index (χ2n) is 3.79. The third kappa shape index (κ3) is 4.04. The molecule has 0 aliphatic rings. The molecule has 3 nitrogen and oxygen atoms in total. The van der Waals surface area contributed by atoms with Gasteiger partial charge in [-0.05, 0) is 28.4 Å². The van der Waals surface area contributed by atoms with Crippen LogP contribution in [0.4, 0.5) is 0 Å². The summed E-state index contributed by atoms with van der Waals surface area (Å²) in [6.07, 6.45) is 0.645. The molecule has 1 atom stereocenters. The fourth-order valence-corrected chi connectivity index (χ4v) is 3.28. The molecule has 0 saturated heterocycles. The van der Waals surface area contributed by atoms with Crippen LogP contribution in [0.15, 0.2) is 15.9 Å². The van der Waals surface area contributed by atoms with Crippen molar-refractivity contribution in [1.82, 2.24) is 4.90 Å². The summed E-state index contributed by atoms with van der Waals surface area (Å²) in [5.41, 5.74) is 5.56. The van der Waals surface area contributed by atoms with Gasteiger partial charge in [-0.2, -0.15) is 0 Å². The number of thiocarbonyl (C=S) groups is 1. The number of halogens is 1. The van der Waals surface area contributed by atoms with Crippen LogP contribution in [0.5, 0.6) is 0 Å². The summed E-state index contributed by atoms with van der Waals surface area (Å²) in [6, 6.07) is 2.01. The van der Waals surface area contributed by atoms with Crippen LogP contribution in [0.2, 0.25) is 0 Å². The zero-order valence-corrected chi connectivity index (χ0v) is 13.0. The molecule has 2 N–H and O–H groups in total. The second-order valence-corrected chi connectivity index (χ2v) is 6.17. The van der Waals surface area contributed by atoms with E-state index in [9.17, 15) is 4.79 Å². The van der Waals surface area contributed by atoms with E-state index < -0.39 is 0 Å². The van der Waals surface area contributed by atoms with Crippen molar-refractivity contribution in [2.24, 2.45) is 11.7 Å². The van der Waals surface area contributed by atoms with Crippen LogP contribution in [-0.4, -0.2) is 22.8 Å². The number of carbonyl (C=O) groups is 1. The summed E-state index contributed by atoms with van der Waals surface area (Å²) in [5, 5.41) is 2.00. The standard InChI is InChI=1S/C11H15BrN2OS2/c1-3-9(10(13)16)11(15)14(2)5-8-4-7(12)6-17-8/h4,6,9H,3,5H2,1-2H3,(H2,13,16). The van der Waals surface area contributed by atoms with Gasteiger partial charge in [-0.25, -0.2) is 0 Å². The van der Waals surface area contributed by atoms with Crippen LogP contribution >= 0.6 is 39.5 Å². The number of carbonyl (C=O) groups excluding carboxylic acids is 1. The van der Waals surface area contributed by atoms with Crippen molar-refractivity contribution in [1.29, 1.82) is 0 Å². The van der Waals surface area contributed by atoms with Crippen molar-refractivity contribution in [2.45, 2.75) is 19.9 Å². The van der Waals surface area contributed by atoms with Gasteiger partial charge >= 0.3 is 0 Å². The molecule has 1 aromatic rings. The molecule has 1 unspecified atom stereocenters. The molecule has 0 aromatic carbocycles. The summed E-state index contributed by atoms with van der Waals surface area (Å²) in [7, 11) is 1.77. The van der Waals surface area contributed by atoms with Crippen LogP contribution in [0, 0.1) is 5.92 Å². The molecule has 17 heavy (non-hydrogen) atoms. The predicted octanol–water partition coefficient (Wildman–Crippen LogP) is 2.78. The van der Waals surface area contributed by atoms with Gasteiger partial charge in [-0.3, -0.25) is 4.79 Å². The van der Waals surface area contributed by atoms with Gasteiger partial charge in [0.1, 0.15) is 0 Å². The Hall–Kier alpha value is -0.460. The summed E-state index contributed by atoms with van der Waals surface area (Å²) in [6.45, 7) is 2.51. The first-order valence-corrected chi connectivity index (χ1v) is 7.31. The molecule has 0 saturated carbocycles. The molecular weight excluding hydrogens is 320 g/mol. The zero-order chi connectivity index (χ0) is 13.0. The van der Waals surface area contributed by atoms with Crippen molar-refractivity contribution < 1.29 is 4.79 Å². The van der Waals surface area contributed by atoms with Gasteiger partial charge in [0.15, 0.2) is 0 Å². The maximum atomic E-state index is 12.1. The Labute approximate surface area is 119 Å². The first-order valence-electron chi connectivity index (χ1n) is 5.23. The van der Waals surface area contributed by atoms with Crippen LogP contribution in [0.25, 0.3) is 0 Å². The van der Waals surface area contributed by atoms with Gasteiger partial charge in [0, 0.05) is 21.8 Å². The molecule has 0 aliphatic heterocycles. The summed E-state index contributed by atoms with van der Waals surface area (Å²) in [5.74, 6) is -0.358. The smallest absolute Gasteiger partial charge is 0.232 e. The lowest BCUT2D eigenvalue weighted by molar-refractivity contribution is -0.132. The Kier molecular flexibility index (Phi) is 5.55. The lowest BCUT2D eigenvalue weighted by atomic mass is 10.1. The number of nitrogens with zero attached hydrogens (tertiary/aromatic N) is 1. The monoisotopic (exact) mass is 334 g/mol. The van der Waals surface area contributed by atoms with E-state index in [0.29, 0.717) is 13.0 Å². The number of thiophene rings is 1. The van der Waals surface area contributed by atoms with Crippen molar-refractivity contribution in [2.75, 3.05) is 7.05 Å². The van der Waals surface area contributed by atoms with Gasteiger partial charge in [-0.1, -0.05) is 19.1 Å². The van der Waals surface area contributed by atoms with Crippen molar-refractivity contribution in [3.63, 3.8) is 0 Å². The molecular formula is C11H15BrN2OS2. The van der Waals surface area contributed by atoms with Gasteiger partial charge < -0.3 is 10.6 Å². The largest absolute Gasteiger partial charge is 0.393 e. The average molecular weight is 335 g/mol. The first kappa shape index (κ1) is 14.6. The van der Waals surface area contributed by atoms with E-state index in [1.165, 1.54) is 0 Å².